The summed E-state index contributed by atoms with van der Waals surface area (Å²) in [6, 6.07) is 6.35. The summed E-state index contributed by atoms with van der Waals surface area (Å²) in [4.78, 5) is 27.1. The van der Waals surface area contributed by atoms with E-state index in [9.17, 15) is 14.3 Å². The summed E-state index contributed by atoms with van der Waals surface area (Å²) in [5.41, 5.74) is 1.74. The van der Waals surface area contributed by atoms with Gasteiger partial charge in [0.15, 0.2) is 0 Å². The Morgan fingerprint density at radius 2 is 1.86 bits per heavy atom. The van der Waals surface area contributed by atoms with Crippen LogP contribution in [-0.2, 0) is 17.7 Å². The minimum atomic E-state index is -0.342. The number of nitrogens with one attached hydrogen (secondary N) is 1. The van der Waals surface area contributed by atoms with E-state index >= 15 is 0 Å². The highest BCUT2D eigenvalue weighted by atomic mass is 19.1. The number of nitrogens with zero attached hydrogens (tertiary/aromatic N) is 4. The summed E-state index contributed by atoms with van der Waals surface area (Å²) >= 11 is 0. The number of aromatic hydroxyl groups is 1. The first-order valence-corrected chi connectivity index (χ1v) is 15.5. The summed E-state index contributed by atoms with van der Waals surface area (Å²) in [5, 5.41) is 15.0. The van der Waals surface area contributed by atoms with Gasteiger partial charge in [0.25, 0.3) is 5.91 Å². The highest BCUT2D eigenvalue weighted by Crippen LogP contribution is 2.41. The third kappa shape index (κ3) is 7.54. The third-order valence-electron chi connectivity index (χ3n) is 7.26. The fourth-order valence-corrected chi connectivity index (χ4v) is 5.43. The molecule has 2 aliphatic heterocycles. The number of ether oxygens (including phenoxy) is 2. The van der Waals surface area contributed by atoms with Crippen molar-refractivity contribution in [3.8, 4) is 11.8 Å². The van der Waals surface area contributed by atoms with E-state index in [1.54, 1.807) is 17.0 Å². The minimum Gasteiger partial charge on any atom is -0.508 e. The number of aryl methyl sites for hydroxylation is 1. The van der Waals surface area contributed by atoms with E-state index in [0.29, 0.717) is 78.4 Å². The summed E-state index contributed by atoms with van der Waals surface area (Å²) in [5.74, 6) is -0.107. The molecule has 43 heavy (non-hydrogen) atoms. The lowest BCUT2D eigenvalue weighted by atomic mass is 9.95. The molecule has 0 spiro atoms. The lowest BCUT2D eigenvalue weighted by molar-refractivity contribution is 0.0996. The number of amides is 1. The summed E-state index contributed by atoms with van der Waals surface area (Å²) in [7, 11) is 1.90. The molecule has 1 aromatic heterocycles. The van der Waals surface area contributed by atoms with Crippen LogP contribution in [0.2, 0.25) is 0 Å². The van der Waals surface area contributed by atoms with Gasteiger partial charge in [-0.3, -0.25) is 4.79 Å². The van der Waals surface area contributed by atoms with Gasteiger partial charge in [0.1, 0.15) is 22.9 Å². The Bertz CT molecular complexity index is 1390. The number of hydrogen-bond acceptors (Lipinski definition) is 8. The van der Waals surface area contributed by atoms with Crippen LogP contribution >= 0.6 is 0 Å². The lowest BCUT2D eigenvalue weighted by Crippen LogP contribution is -2.33. The highest BCUT2D eigenvalue weighted by Gasteiger charge is 2.37. The van der Waals surface area contributed by atoms with Gasteiger partial charge < -0.3 is 29.7 Å². The Morgan fingerprint density at radius 3 is 2.56 bits per heavy atom. The number of hydrogen-bond donors (Lipinski definition) is 2. The number of fused-ring (bicyclic) bond motifs is 2. The van der Waals surface area contributed by atoms with Crippen molar-refractivity contribution in [2.24, 2.45) is 5.41 Å². The minimum absolute atomic E-state index is 0.00155. The summed E-state index contributed by atoms with van der Waals surface area (Å²) < 4.78 is 26.6. The number of carbonyl (C=O) groups excluding carboxylic acids is 1. The maximum atomic E-state index is 14.9. The largest absolute Gasteiger partial charge is 0.508 e. The number of rotatable bonds is 8. The first-order valence-electron chi connectivity index (χ1n) is 15.5. The van der Waals surface area contributed by atoms with Crippen molar-refractivity contribution in [2.45, 2.75) is 67.9 Å². The van der Waals surface area contributed by atoms with E-state index in [1.807, 2.05) is 41.7 Å². The molecule has 0 bridgehead atoms. The molecule has 2 aliphatic rings. The van der Waals surface area contributed by atoms with Gasteiger partial charge >= 0.3 is 6.01 Å². The SMILES string of the molecule is CC.CC.CCc1c(F)ccc2cc(O)cc(N3Cc4nc(OCC(C)(C)CNC)nc(N5CCCOCC5)c4C3=O)c12. The Kier molecular flexibility index (Phi) is 12.1. The molecule has 0 saturated carbocycles. The zero-order valence-electron chi connectivity index (χ0n) is 27.0. The van der Waals surface area contributed by atoms with E-state index in [4.69, 9.17) is 14.5 Å². The van der Waals surface area contributed by atoms with E-state index < -0.39 is 0 Å². The fourth-order valence-electron chi connectivity index (χ4n) is 5.43. The maximum Gasteiger partial charge on any atom is 0.318 e. The maximum absolute atomic E-state index is 14.9. The zero-order valence-corrected chi connectivity index (χ0v) is 27.0. The zero-order chi connectivity index (χ0) is 31.7. The molecule has 3 heterocycles. The van der Waals surface area contributed by atoms with Gasteiger partial charge in [0.05, 0.1) is 31.1 Å². The predicted molar refractivity (Wildman–Crippen MR) is 171 cm³/mol. The predicted octanol–water partition coefficient (Wildman–Crippen LogP) is 6.10. The third-order valence-corrected chi connectivity index (χ3v) is 7.26. The fraction of sp³-hybridized carbons (Fsp3) is 0.545. The first-order chi connectivity index (χ1) is 20.7. The Morgan fingerprint density at radius 1 is 1.12 bits per heavy atom. The van der Waals surface area contributed by atoms with Crippen LogP contribution in [0.1, 0.15) is 76.5 Å². The first kappa shape index (κ1) is 34.0. The quantitative estimate of drug-likeness (QED) is 0.321. The van der Waals surface area contributed by atoms with Crippen LogP contribution in [0.15, 0.2) is 24.3 Å². The van der Waals surface area contributed by atoms with Gasteiger partial charge in [-0.2, -0.15) is 9.97 Å². The number of aromatic nitrogens is 2. The van der Waals surface area contributed by atoms with E-state index in [-0.39, 0.29) is 35.4 Å². The number of benzene rings is 2. The smallest absolute Gasteiger partial charge is 0.318 e. The van der Waals surface area contributed by atoms with Crippen molar-refractivity contribution >= 4 is 28.2 Å². The second-order valence-corrected chi connectivity index (χ2v) is 10.9. The molecule has 2 N–H and O–H groups in total. The van der Waals surface area contributed by atoms with Crippen LogP contribution in [0.5, 0.6) is 11.8 Å². The molecular formula is C33H48FN5O4. The van der Waals surface area contributed by atoms with Gasteiger partial charge in [-0.25, -0.2) is 4.39 Å². The van der Waals surface area contributed by atoms with Gasteiger partial charge in [-0.1, -0.05) is 54.5 Å². The molecule has 3 aromatic rings. The number of halogens is 1. The molecule has 1 saturated heterocycles. The average Bonchev–Trinajstić information content (AvgIpc) is 3.15. The van der Waals surface area contributed by atoms with Crippen LogP contribution in [0, 0.1) is 11.2 Å². The molecule has 10 heteroatoms. The van der Waals surface area contributed by atoms with E-state index in [0.717, 1.165) is 13.0 Å². The van der Waals surface area contributed by atoms with Gasteiger partial charge in [0.2, 0.25) is 0 Å². The Balaban J connectivity index is 0.00000121. The summed E-state index contributed by atoms with van der Waals surface area (Å²) in [6.07, 6.45) is 1.24. The number of phenolic OH excluding ortho intramolecular Hbond substituents is 1. The van der Waals surface area contributed by atoms with Crippen molar-refractivity contribution in [3.05, 3.63) is 46.9 Å². The molecule has 0 aliphatic carbocycles. The van der Waals surface area contributed by atoms with Gasteiger partial charge in [-0.05, 0) is 43.0 Å². The number of carbonyl (C=O) groups is 1. The normalized spacial score (nSPS) is 14.9. The lowest BCUT2D eigenvalue weighted by Gasteiger charge is -2.25. The van der Waals surface area contributed by atoms with Crippen molar-refractivity contribution < 1.29 is 23.8 Å². The van der Waals surface area contributed by atoms with Crippen LogP contribution < -0.4 is 19.9 Å². The van der Waals surface area contributed by atoms with Crippen LogP contribution in [0.25, 0.3) is 10.8 Å². The summed E-state index contributed by atoms with van der Waals surface area (Å²) in [6.45, 7) is 17.8. The second-order valence-electron chi connectivity index (χ2n) is 10.9. The molecule has 236 valence electrons. The second kappa shape index (κ2) is 15.3. The molecule has 0 radical (unpaired) electrons. The molecule has 2 aromatic carbocycles. The Hall–Kier alpha value is -3.50. The monoisotopic (exact) mass is 597 g/mol. The standard InChI is InChI=1S/C29H36FN5O4.2C2H6/c1-5-20-21(30)8-7-18-13-19(36)14-23(24(18)20)35-15-22-25(27(35)37)26(34-9-6-11-38-12-10-34)33-28(32-22)39-17-29(2,3)16-31-4;2*1-2/h7-8,13-14,31,36H,5-6,9-12,15-17H2,1-4H3;2*1-2H3. The molecule has 5 rings (SSSR count). The van der Waals surface area contributed by atoms with Crippen molar-refractivity contribution in [3.63, 3.8) is 0 Å². The molecule has 1 amide bonds. The molecule has 1 fully saturated rings. The van der Waals surface area contributed by atoms with Crippen LogP contribution in [0.4, 0.5) is 15.9 Å². The molecule has 0 atom stereocenters. The topological polar surface area (TPSA) is 100 Å². The van der Waals surface area contributed by atoms with Gasteiger partial charge in [0, 0.05) is 43.1 Å². The molecule has 0 unspecified atom stereocenters. The van der Waals surface area contributed by atoms with E-state index in [1.165, 1.54) is 12.1 Å². The van der Waals surface area contributed by atoms with Crippen LogP contribution in [0.3, 0.4) is 0 Å². The van der Waals surface area contributed by atoms with Gasteiger partial charge in [-0.15, -0.1) is 0 Å². The number of anilines is 2. The van der Waals surface area contributed by atoms with Crippen LogP contribution in [-0.4, -0.2) is 67.5 Å². The van der Waals surface area contributed by atoms with Crippen molar-refractivity contribution in [1.82, 2.24) is 15.3 Å². The number of phenols is 1. The molecular weight excluding hydrogens is 549 g/mol. The Labute approximate surface area is 255 Å². The van der Waals surface area contributed by atoms with Crippen molar-refractivity contribution in [2.75, 3.05) is 56.3 Å². The van der Waals surface area contributed by atoms with E-state index in [2.05, 4.69) is 29.0 Å². The van der Waals surface area contributed by atoms with Crippen molar-refractivity contribution in [1.29, 1.82) is 0 Å². The molecule has 9 nitrogen and oxygen atoms in total. The highest BCUT2D eigenvalue weighted by molar-refractivity contribution is 6.16. The average molecular weight is 598 g/mol.